The number of benzene rings is 6. The second-order valence-electron chi connectivity index (χ2n) is 33.2. The van der Waals surface area contributed by atoms with Crippen LogP contribution >= 0.6 is 0 Å². The van der Waals surface area contributed by atoms with Gasteiger partial charge in [-0.1, -0.05) is 132 Å². The van der Waals surface area contributed by atoms with Crippen LogP contribution in [0.15, 0.2) is 140 Å². The molecule has 712 valence electrons. The fourth-order valence-corrected chi connectivity index (χ4v) is 15.8. The average Bonchev–Trinajstić information content (AvgIpc) is 1.81. The van der Waals surface area contributed by atoms with Gasteiger partial charge in [0.25, 0.3) is 0 Å². The van der Waals surface area contributed by atoms with Gasteiger partial charge in [0.05, 0.1) is 78.7 Å². The molecule has 0 bridgehead atoms. The molecule has 3 heterocycles. The Bertz CT molecular complexity index is 4350. The average molecular weight is 1810 g/mol. The molecule has 0 unspecified atom stereocenters. The summed E-state index contributed by atoms with van der Waals surface area (Å²) in [4.78, 5) is 98.6. The predicted molar refractivity (Wildman–Crippen MR) is 481 cm³/mol. The Labute approximate surface area is 757 Å². The highest BCUT2D eigenvalue weighted by molar-refractivity contribution is 5.87. The number of ether oxygens (including phenoxy) is 8. The maximum atomic E-state index is 14.2. The first-order valence-electron chi connectivity index (χ1n) is 45.3. The van der Waals surface area contributed by atoms with Crippen LogP contribution in [0.2, 0.25) is 0 Å². The van der Waals surface area contributed by atoms with E-state index in [2.05, 4.69) is 16.0 Å². The third kappa shape index (κ3) is 36.9. The number of rotatable bonds is 48. The van der Waals surface area contributed by atoms with E-state index in [1.807, 2.05) is 136 Å². The molecule has 6 aromatic rings. The number of amides is 6. The van der Waals surface area contributed by atoms with Crippen molar-refractivity contribution in [1.82, 2.24) is 35.6 Å². The van der Waals surface area contributed by atoms with Gasteiger partial charge in [0.1, 0.15) is 41.1 Å². The van der Waals surface area contributed by atoms with E-state index in [9.17, 15) is 66.4 Å². The van der Waals surface area contributed by atoms with Crippen molar-refractivity contribution in [2.75, 3.05) is 93.6 Å². The van der Waals surface area contributed by atoms with Crippen LogP contribution in [0.25, 0.3) is 0 Å². The van der Waals surface area contributed by atoms with Crippen molar-refractivity contribution in [3.05, 3.63) is 207 Å². The zero-order chi connectivity index (χ0) is 93.8. The number of nitrogens with two attached hydrogens (primary N) is 3. The van der Waals surface area contributed by atoms with Gasteiger partial charge in [-0.05, 0) is 178 Å². The number of nitrogens with zero attached hydrogens (tertiary/aromatic N) is 4. The van der Waals surface area contributed by atoms with Gasteiger partial charge >= 0.3 is 18.2 Å². The fourth-order valence-electron chi connectivity index (χ4n) is 15.8. The smallest absolute Gasteiger partial charge is 0.407 e. The lowest BCUT2D eigenvalue weighted by atomic mass is 9.97. The van der Waals surface area contributed by atoms with Crippen LogP contribution < -0.4 is 37.9 Å². The number of unbranched alkanes of at least 4 members (excludes halogenated alkanes) is 2. The van der Waals surface area contributed by atoms with Crippen LogP contribution in [-0.2, 0) is 109 Å². The molecule has 12 N–H and O–H groups in total. The number of aliphatic hydroxyl groups excluding tert-OH is 3. The SMILES string of the molecule is CCCCC1(C[C@@H](NC(=O)OC)C(=O)N(Cc2cccc(CC)c2)C[C@@H](O)[C@@H](N)Cc2cc(F)cc(F)c2)OCCCO1.CCCCC1(C[C@@H](NC(=O)OC)C(=O)N(Cc2cccc(CC)c2)C[C@@H](O)[C@@H](N)Cc2cc(F)cc(F)c2)OCCO1.CCOC(=O)CCCN[C@H](CCC(=O)N1CCCCC1)C(=O)N(Cc1cccc(OC)c1)C[C@@H](O)[C@@H](N)Cc1ccccc1. The van der Waals surface area contributed by atoms with E-state index in [-0.39, 0.29) is 107 Å². The highest BCUT2D eigenvalue weighted by Crippen LogP contribution is 2.34. The molecule has 9 rings (SSSR count). The molecule has 0 saturated carbocycles. The summed E-state index contributed by atoms with van der Waals surface area (Å²) < 4.78 is 99.1. The van der Waals surface area contributed by atoms with Crippen molar-refractivity contribution < 1.29 is 104 Å². The summed E-state index contributed by atoms with van der Waals surface area (Å²) in [5.41, 5.74) is 25.2. The molecule has 6 amide bonds. The number of alkyl carbamates (subject to hydrolysis) is 2. The number of hydrogen-bond donors (Lipinski definition) is 9. The van der Waals surface area contributed by atoms with Gasteiger partial charge in [-0.2, -0.15) is 0 Å². The minimum atomic E-state index is -1.25. The maximum Gasteiger partial charge on any atom is 0.407 e. The third-order valence-electron chi connectivity index (χ3n) is 22.9. The summed E-state index contributed by atoms with van der Waals surface area (Å²) in [5.74, 6) is -5.89. The van der Waals surface area contributed by atoms with Gasteiger partial charge in [-0.25, -0.2) is 27.2 Å². The Morgan fingerprint density at radius 2 is 0.868 bits per heavy atom. The highest BCUT2D eigenvalue weighted by atomic mass is 19.1. The number of esters is 1. The normalized spacial score (nSPS) is 16.1. The zero-order valence-corrected chi connectivity index (χ0v) is 76.2. The Morgan fingerprint density at radius 3 is 1.29 bits per heavy atom. The van der Waals surface area contributed by atoms with Crippen molar-refractivity contribution in [3.8, 4) is 5.75 Å². The highest BCUT2D eigenvalue weighted by Gasteiger charge is 2.44. The second kappa shape index (κ2) is 56.1. The number of halogens is 4. The lowest BCUT2D eigenvalue weighted by Crippen LogP contribution is -2.56. The monoisotopic (exact) mass is 1810 g/mol. The number of likely N-dealkylation sites (tertiary alicyclic amines) is 1. The van der Waals surface area contributed by atoms with Crippen molar-refractivity contribution >= 4 is 41.8 Å². The number of piperidine rings is 1. The predicted octanol–water partition coefficient (Wildman–Crippen LogP) is 11.1. The Kier molecular flexibility index (Phi) is 46.3. The minimum absolute atomic E-state index is 0.0190. The molecule has 3 aliphatic rings. The van der Waals surface area contributed by atoms with Gasteiger partial charge in [0.2, 0.25) is 23.6 Å². The molecule has 6 aromatic carbocycles. The number of aryl methyl sites for hydroxylation is 2. The third-order valence-corrected chi connectivity index (χ3v) is 22.9. The van der Waals surface area contributed by atoms with E-state index in [1.54, 1.807) is 18.9 Å². The largest absolute Gasteiger partial charge is 0.497 e. The quantitative estimate of drug-likeness (QED) is 0.00741. The Balaban J connectivity index is 0.000000265. The number of aliphatic hydroxyl groups is 3. The van der Waals surface area contributed by atoms with Crippen LogP contribution in [-0.4, -0.2) is 236 Å². The summed E-state index contributed by atoms with van der Waals surface area (Å²) in [5, 5.41) is 42.0. The molecule has 32 heteroatoms. The topological polar surface area (TPSA) is 381 Å². The summed E-state index contributed by atoms with van der Waals surface area (Å²) >= 11 is 0. The van der Waals surface area contributed by atoms with Crippen molar-refractivity contribution in [2.45, 2.75) is 255 Å². The Morgan fingerprint density at radius 1 is 0.465 bits per heavy atom. The molecular formula is C97H138F4N10O18. The van der Waals surface area contributed by atoms with E-state index in [4.69, 9.17) is 55.1 Å². The summed E-state index contributed by atoms with van der Waals surface area (Å²) in [6.45, 7) is 13.9. The van der Waals surface area contributed by atoms with E-state index in [1.165, 1.54) is 24.0 Å². The summed E-state index contributed by atoms with van der Waals surface area (Å²) in [6.07, 6.45) is 6.52. The maximum absolute atomic E-state index is 14.2. The first kappa shape index (κ1) is 106. The molecule has 0 aliphatic carbocycles. The molecule has 3 aliphatic heterocycles. The van der Waals surface area contributed by atoms with Crippen molar-refractivity contribution in [1.29, 1.82) is 0 Å². The number of hydrogen-bond acceptors (Lipinski definition) is 22. The van der Waals surface area contributed by atoms with Gasteiger partial charge in [-0.15, -0.1) is 0 Å². The Hall–Kier alpha value is -9.71. The standard InChI is InChI=1S/C34H50N4O6.C32H45F2N3O6.C31H43F2N3O6/c1-3-44-33(41)16-11-19-36-30(17-18-32(40)37-20-8-5-9-21-37)34(42)38(24-27-14-10-15-28(22-27)43-2)25-31(39)29(35)23-26-12-6-4-7-13-26;1-4-6-11-32(42-12-8-13-43-32)19-28(36-31(40)41-3)30(39)37(20-23-10-7-9-22(5-2)14-23)21-29(38)27(35)17-24-15-25(33)18-26(34)16-24;1-4-6-10-31(41-11-12-42-31)18-27(35-30(39)40-3)29(38)36(19-22-9-7-8-21(5-2)13-22)20-28(37)26(34)16-23-14-24(32)17-25(33)15-23/h4,6-7,10,12-15,22,29-31,36,39H,3,5,8-9,11,16-21,23-25,35H2,1-2H3;7,9-10,14-16,18,27-29,38H,4-6,8,11-13,17,19-21,35H2,1-3H3,(H,36,40);7-9,13-15,17,26-28,37H,4-6,10-12,16,18-20,34H2,1-3H3,(H,35,39)/t29-,30+,31+;27-,28+,29+;26-,27+,28+/m000/s1. The van der Waals surface area contributed by atoms with E-state index in [0.29, 0.717) is 77.4 Å². The van der Waals surface area contributed by atoms with Gasteiger partial charge < -0.3 is 106 Å². The second-order valence-corrected chi connectivity index (χ2v) is 33.2. The molecule has 129 heavy (non-hydrogen) atoms. The molecule has 3 fully saturated rings. The molecule has 0 radical (unpaired) electrons. The molecule has 28 nitrogen and oxygen atoms in total. The van der Waals surface area contributed by atoms with Crippen molar-refractivity contribution in [2.24, 2.45) is 17.2 Å². The summed E-state index contributed by atoms with van der Waals surface area (Å²) in [6, 6.07) is 33.4. The first-order chi connectivity index (χ1) is 61.9. The number of methoxy groups -OCH3 is 3. The van der Waals surface area contributed by atoms with Gasteiger partial charge in [-0.3, -0.25) is 24.0 Å². The minimum Gasteiger partial charge on any atom is -0.497 e. The zero-order valence-electron chi connectivity index (χ0n) is 76.2. The van der Waals surface area contributed by atoms with Crippen LogP contribution in [0.5, 0.6) is 5.75 Å². The molecular weight excluding hydrogens is 1670 g/mol. The summed E-state index contributed by atoms with van der Waals surface area (Å²) in [7, 11) is 4.01. The lowest BCUT2D eigenvalue weighted by Gasteiger charge is -2.40. The molecule has 0 spiro atoms. The first-order valence-corrected chi connectivity index (χ1v) is 45.3. The van der Waals surface area contributed by atoms with Gasteiger partial charge in [0, 0.05) is 121 Å². The van der Waals surface area contributed by atoms with Crippen LogP contribution in [0, 0.1) is 23.3 Å². The molecule has 0 aromatic heterocycles. The lowest BCUT2D eigenvalue weighted by molar-refractivity contribution is -0.276. The number of carbonyl (C=O) groups excluding carboxylic acids is 7. The fraction of sp³-hybridized carbons (Fsp3) is 0.557. The number of nitrogens with one attached hydrogen (secondary N) is 3. The van der Waals surface area contributed by atoms with E-state index < -0.39 is 113 Å². The van der Waals surface area contributed by atoms with Crippen LogP contribution in [0.4, 0.5) is 27.2 Å². The van der Waals surface area contributed by atoms with Gasteiger partial charge in [0.15, 0.2) is 11.6 Å². The van der Waals surface area contributed by atoms with Crippen LogP contribution in [0.1, 0.15) is 182 Å². The molecule has 3 saturated heterocycles. The number of carbonyl (C=O) groups is 7. The van der Waals surface area contributed by atoms with E-state index in [0.717, 1.165) is 147 Å². The van der Waals surface area contributed by atoms with Crippen molar-refractivity contribution in [3.63, 3.8) is 0 Å². The van der Waals surface area contributed by atoms with Crippen LogP contribution in [0.3, 0.4) is 0 Å². The molecule has 9 atom stereocenters. The van der Waals surface area contributed by atoms with E-state index >= 15 is 0 Å².